The van der Waals surface area contributed by atoms with Crippen molar-refractivity contribution in [2.24, 2.45) is 0 Å². The van der Waals surface area contributed by atoms with Gasteiger partial charge in [0.25, 0.3) is 5.56 Å². The summed E-state index contributed by atoms with van der Waals surface area (Å²) >= 11 is 15.6. The van der Waals surface area contributed by atoms with E-state index in [0.717, 1.165) is 10.0 Å². The first-order chi connectivity index (χ1) is 8.49. The zero-order valence-electron chi connectivity index (χ0n) is 9.58. The highest BCUT2D eigenvalue weighted by Gasteiger charge is 2.08. The van der Waals surface area contributed by atoms with Crippen LogP contribution in [0.15, 0.2) is 39.7 Å². The molecule has 0 aliphatic heterocycles. The van der Waals surface area contributed by atoms with Crippen LogP contribution in [0, 0.1) is 6.92 Å². The van der Waals surface area contributed by atoms with E-state index in [-0.39, 0.29) is 5.56 Å². The quantitative estimate of drug-likeness (QED) is 0.795. The van der Waals surface area contributed by atoms with Gasteiger partial charge in [0.15, 0.2) is 0 Å². The van der Waals surface area contributed by atoms with Crippen LogP contribution in [0.4, 0.5) is 0 Å². The van der Waals surface area contributed by atoms with Gasteiger partial charge in [0.1, 0.15) is 0 Å². The molecule has 0 aliphatic rings. The van der Waals surface area contributed by atoms with Gasteiger partial charge in [-0.2, -0.15) is 0 Å². The molecule has 0 N–H and O–H groups in total. The lowest BCUT2D eigenvalue weighted by Gasteiger charge is -2.10. The highest BCUT2D eigenvalue weighted by Crippen LogP contribution is 2.25. The molecule has 2 rings (SSSR count). The minimum Gasteiger partial charge on any atom is -0.310 e. The maximum atomic E-state index is 12.0. The van der Waals surface area contributed by atoms with Crippen molar-refractivity contribution in [3.8, 4) is 0 Å². The highest BCUT2D eigenvalue weighted by molar-refractivity contribution is 9.10. The van der Waals surface area contributed by atoms with Crippen LogP contribution in [-0.2, 0) is 6.54 Å². The molecule has 0 bridgehead atoms. The van der Waals surface area contributed by atoms with Gasteiger partial charge in [0.2, 0.25) is 0 Å². The van der Waals surface area contributed by atoms with Gasteiger partial charge in [-0.1, -0.05) is 29.3 Å². The van der Waals surface area contributed by atoms with E-state index in [1.807, 2.05) is 0 Å². The Bertz CT molecular complexity index is 632. The molecular weight excluding hydrogens is 337 g/mol. The summed E-state index contributed by atoms with van der Waals surface area (Å²) < 4.78 is 2.44. The zero-order chi connectivity index (χ0) is 13.3. The molecule has 5 heteroatoms. The predicted molar refractivity (Wildman–Crippen MR) is 78.7 cm³/mol. The molecule has 0 amide bonds. The van der Waals surface area contributed by atoms with Crippen molar-refractivity contribution in [1.29, 1.82) is 0 Å². The van der Waals surface area contributed by atoms with Crippen LogP contribution in [0.2, 0.25) is 10.0 Å². The van der Waals surface area contributed by atoms with Gasteiger partial charge < -0.3 is 4.57 Å². The van der Waals surface area contributed by atoms with E-state index in [2.05, 4.69) is 15.9 Å². The topological polar surface area (TPSA) is 22.0 Å². The number of aryl methyl sites for hydroxylation is 1. The highest BCUT2D eigenvalue weighted by atomic mass is 79.9. The molecule has 0 fully saturated rings. The van der Waals surface area contributed by atoms with Gasteiger partial charge in [-0.15, -0.1) is 0 Å². The summed E-state index contributed by atoms with van der Waals surface area (Å²) in [7, 11) is 0. The van der Waals surface area contributed by atoms with Crippen LogP contribution in [0.1, 0.15) is 11.1 Å². The lowest BCUT2D eigenvalue weighted by atomic mass is 10.2. The number of aromatic nitrogens is 1. The minimum absolute atomic E-state index is 0.0470. The molecule has 0 spiro atoms. The second-order valence-electron chi connectivity index (χ2n) is 3.97. The molecule has 0 unspecified atom stereocenters. The molecule has 2 nitrogen and oxygen atoms in total. The van der Waals surface area contributed by atoms with Gasteiger partial charge in [-0.25, -0.2) is 0 Å². The predicted octanol–water partition coefficient (Wildman–Crippen LogP) is 4.27. The molecule has 0 radical (unpaired) electrons. The van der Waals surface area contributed by atoms with E-state index < -0.39 is 0 Å². The van der Waals surface area contributed by atoms with Crippen LogP contribution in [0.25, 0.3) is 0 Å². The Balaban J connectivity index is 2.50. The van der Waals surface area contributed by atoms with E-state index in [1.54, 1.807) is 42.0 Å². The molecule has 1 aromatic heterocycles. The molecule has 18 heavy (non-hydrogen) atoms. The maximum Gasteiger partial charge on any atom is 0.253 e. The number of rotatable bonds is 2. The fourth-order valence-corrected chi connectivity index (χ4v) is 2.82. The Kier molecular flexibility index (Phi) is 4.15. The van der Waals surface area contributed by atoms with Crippen LogP contribution in [-0.4, -0.2) is 4.57 Å². The summed E-state index contributed by atoms with van der Waals surface area (Å²) in [6, 6.07) is 7.09. The van der Waals surface area contributed by atoms with Crippen molar-refractivity contribution in [3.63, 3.8) is 0 Å². The Morgan fingerprint density at radius 1 is 1.28 bits per heavy atom. The van der Waals surface area contributed by atoms with Crippen molar-refractivity contribution in [1.82, 2.24) is 4.57 Å². The second kappa shape index (κ2) is 5.47. The lowest BCUT2D eigenvalue weighted by molar-refractivity contribution is 0.749. The first kappa shape index (κ1) is 13.7. The monoisotopic (exact) mass is 345 g/mol. The molecule has 2 aromatic rings. The van der Waals surface area contributed by atoms with Crippen LogP contribution in [0.5, 0.6) is 0 Å². The summed E-state index contributed by atoms with van der Waals surface area (Å²) in [4.78, 5) is 12.0. The van der Waals surface area contributed by atoms with Crippen LogP contribution in [0.3, 0.4) is 0 Å². The third-order valence-corrected chi connectivity index (χ3v) is 3.76. The fraction of sp³-hybridized carbons (Fsp3) is 0.154. The standard InChI is InChI=1S/C13H10BrCl2NO/c1-8-5-9(14)6-17(13(8)18)7-10-11(15)3-2-4-12(10)16/h2-6H,7H2,1H3. The van der Waals surface area contributed by atoms with E-state index in [9.17, 15) is 4.79 Å². The number of halogens is 3. The number of benzene rings is 1. The minimum atomic E-state index is -0.0470. The molecule has 0 saturated carbocycles. The number of hydrogen-bond donors (Lipinski definition) is 0. The first-order valence-electron chi connectivity index (χ1n) is 5.28. The van der Waals surface area contributed by atoms with Gasteiger partial charge in [-0.3, -0.25) is 4.79 Å². The summed E-state index contributed by atoms with van der Waals surface area (Å²) in [5, 5.41) is 1.12. The SMILES string of the molecule is Cc1cc(Br)cn(Cc2c(Cl)cccc2Cl)c1=O. The van der Waals surface area contributed by atoms with E-state index in [0.29, 0.717) is 22.2 Å². The maximum absolute atomic E-state index is 12.0. The number of nitrogens with zero attached hydrogens (tertiary/aromatic N) is 1. The Morgan fingerprint density at radius 2 is 1.89 bits per heavy atom. The number of hydrogen-bond acceptors (Lipinski definition) is 1. The average molecular weight is 347 g/mol. The van der Waals surface area contributed by atoms with Gasteiger partial charge >= 0.3 is 0 Å². The Labute approximate surface area is 123 Å². The lowest BCUT2D eigenvalue weighted by Crippen LogP contribution is -2.22. The van der Waals surface area contributed by atoms with Crippen molar-refractivity contribution >= 4 is 39.1 Å². The third-order valence-electron chi connectivity index (χ3n) is 2.62. The number of pyridine rings is 1. The van der Waals surface area contributed by atoms with Crippen molar-refractivity contribution < 1.29 is 0 Å². The third kappa shape index (κ3) is 2.79. The zero-order valence-corrected chi connectivity index (χ0v) is 12.7. The Morgan fingerprint density at radius 3 is 2.50 bits per heavy atom. The molecule has 0 saturated heterocycles. The van der Waals surface area contributed by atoms with Crippen molar-refractivity contribution in [2.75, 3.05) is 0 Å². The molecular formula is C13H10BrCl2NO. The van der Waals surface area contributed by atoms with Gasteiger partial charge in [0.05, 0.1) is 6.54 Å². The van der Waals surface area contributed by atoms with Crippen LogP contribution >= 0.6 is 39.1 Å². The van der Waals surface area contributed by atoms with Crippen LogP contribution < -0.4 is 5.56 Å². The largest absolute Gasteiger partial charge is 0.310 e. The summed E-state index contributed by atoms with van der Waals surface area (Å²) in [6.07, 6.45) is 1.73. The molecule has 0 aliphatic carbocycles. The second-order valence-corrected chi connectivity index (χ2v) is 5.70. The summed E-state index contributed by atoms with van der Waals surface area (Å²) in [5.74, 6) is 0. The Hall–Kier alpha value is -0.770. The van der Waals surface area contributed by atoms with E-state index in [4.69, 9.17) is 23.2 Å². The molecule has 1 heterocycles. The van der Waals surface area contributed by atoms with Crippen molar-refractivity contribution in [3.05, 3.63) is 66.5 Å². The van der Waals surface area contributed by atoms with Gasteiger partial charge in [-0.05, 0) is 41.1 Å². The smallest absolute Gasteiger partial charge is 0.253 e. The van der Waals surface area contributed by atoms with Crippen molar-refractivity contribution in [2.45, 2.75) is 13.5 Å². The molecule has 0 atom stereocenters. The fourth-order valence-electron chi connectivity index (χ4n) is 1.71. The molecule has 94 valence electrons. The summed E-state index contributed by atoms with van der Waals surface area (Å²) in [5.41, 5.74) is 1.38. The normalized spacial score (nSPS) is 10.7. The van der Waals surface area contributed by atoms with E-state index in [1.165, 1.54) is 0 Å². The van der Waals surface area contributed by atoms with E-state index >= 15 is 0 Å². The first-order valence-corrected chi connectivity index (χ1v) is 6.83. The molecule has 1 aromatic carbocycles. The van der Waals surface area contributed by atoms with Gasteiger partial charge in [0, 0.05) is 31.8 Å². The average Bonchev–Trinajstić information content (AvgIpc) is 2.30. The summed E-state index contributed by atoms with van der Waals surface area (Å²) in [6.45, 7) is 2.13.